The number of nitrogens with two attached hydrogens (primary N) is 1. The summed E-state index contributed by atoms with van der Waals surface area (Å²) in [7, 11) is 0. The van der Waals surface area contributed by atoms with E-state index in [0.717, 1.165) is 27.7 Å². The molecule has 2 rings (SSSR count). The molecule has 0 atom stereocenters. The number of anilines is 1. The number of aryl methyl sites for hydroxylation is 1. The molecule has 1 aromatic carbocycles. The molecule has 0 saturated carbocycles. The van der Waals surface area contributed by atoms with Gasteiger partial charge in [0.15, 0.2) is 0 Å². The van der Waals surface area contributed by atoms with Crippen molar-refractivity contribution in [2.45, 2.75) is 26.2 Å². The van der Waals surface area contributed by atoms with Gasteiger partial charge in [0.2, 0.25) is 0 Å². The minimum Gasteiger partial charge on any atom is -0.383 e. The summed E-state index contributed by atoms with van der Waals surface area (Å²) in [6, 6.07) is 5.54. The summed E-state index contributed by atoms with van der Waals surface area (Å²) in [6.07, 6.45) is 2.52. The number of rotatable bonds is 4. The fraction of sp³-hybridized carbons (Fsp3) is 0.286. The topological polar surface area (TPSA) is 51.8 Å². The Hall–Kier alpha value is -0.590. The third kappa shape index (κ3) is 3.74. The highest BCUT2D eigenvalue weighted by atomic mass is 127. The fourth-order valence-electron chi connectivity index (χ4n) is 1.88. The molecule has 1 aromatic heterocycles. The smallest absolute Gasteiger partial charge is 0.140 e. The molecule has 0 amide bonds. The van der Waals surface area contributed by atoms with Gasteiger partial charge in [0.05, 0.1) is 19.3 Å². The van der Waals surface area contributed by atoms with Gasteiger partial charge in [0.1, 0.15) is 11.6 Å². The number of halogens is 3. The fourth-order valence-corrected chi connectivity index (χ4v) is 2.71. The third-order valence-electron chi connectivity index (χ3n) is 2.82. The molecule has 2 aromatic rings. The van der Waals surface area contributed by atoms with Gasteiger partial charge in [-0.15, -0.1) is 0 Å². The second-order valence-electron chi connectivity index (χ2n) is 4.46. The average molecular weight is 422 g/mol. The van der Waals surface area contributed by atoms with Crippen molar-refractivity contribution in [2.24, 2.45) is 0 Å². The Labute approximate surface area is 142 Å². The standard InChI is InChI=1S/C14H14Cl2IN3/c1-2-3-11-13(17)14(18)20-12(19-11)7-8-4-5-9(15)10(16)6-8/h4-6H,2-3,7H2,1H3,(H2,18,19,20). The van der Waals surface area contributed by atoms with E-state index >= 15 is 0 Å². The van der Waals surface area contributed by atoms with E-state index in [0.29, 0.717) is 28.1 Å². The van der Waals surface area contributed by atoms with Crippen LogP contribution in [0.2, 0.25) is 10.0 Å². The van der Waals surface area contributed by atoms with Crippen molar-refractivity contribution in [3.8, 4) is 0 Å². The molecule has 6 heteroatoms. The van der Waals surface area contributed by atoms with Crippen molar-refractivity contribution in [1.29, 1.82) is 0 Å². The zero-order valence-corrected chi connectivity index (χ0v) is 14.6. The molecule has 0 aliphatic rings. The highest BCUT2D eigenvalue weighted by Crippen LogP contribution is 2.24. The van der Waals surface area contributed by atoms with Crippen LogP contribution in [0.25, 0.3) is 0 Å². The quantitative estimate of drug-likeness (QED) is 0.738. The Morgan fingerprint density at radius 3 is 2.60 bits per heavy atom. The number of hydrogen-bond acceptors (Lipinski definition) is 3. The SMILES string of the molecule is CCCc1nc(Cc2ccc(Cl)c(Cl)c2)nc(N)c1I. The van der Waals surface area contributed by atoms with Crippen LogP contribution in [-0.4, -0.2) is 9.97 Å². The van der Waals surface area contributed by atoms with Crippen LogP contribution in [0, 0.1) is 3.57 Å². The molecular weight excluding hydrogens is 408 g/mol. The van der Waals surface area contributed by atoms with E-state index in [9.17, 15) is 0 Å². The van der Waals surface area contributed by atoms with Crippen molar-refractivity contribution in [3.63, 3.8) is 0 Å². The predicted octanol–water partition coefficient (Wildman–Crippen LogP) is 4.51. The van der Waals surface area contributed by atoms with E-state index in [-0.39, 0.29) is 0 Å². The lowest BCUT2D eigenvalue weighted by Crippen LogP contribution is -2.08. The summed E-state index contributed by atoms with van der Waals surface area (Å²) in [4.78, 5) is 8.94. The summed E-state index contributed by atoms with van der Waals surface area (Å²) in [5.41, 5.74) is 7.98. The first-order valence-electron chi connectivity index (χ1n) is 6.26. The van der Waals surface area contributed by atoms with Gasteiger partial charge < -0.3 is 5.73 Å². The number of nitrogens with zero attached hydrogens (tertiary/aromatic N) is 2. The van der Waals surface area contributed by atoms with E-state index in [1.54, 1.807) is 6.07 Å². The first-order valence-corrected chi connectivity index (χ1v) is 8.09. The lowest BCUT2D eigenvalue weighted by molar-refractivity contribution is 0.836. The summed E-state index contributed by atoms with van der Waals surface area (Å²) in [5, 5.41) is 1.08. The molecule has 0 saturated heterocycles. The minimum absolute atomic E-state index is 0.538. The second kappa shape index (κ2) is 6.91. The van der Waals surface area contributed by atoms with Gasteiger partial charge in [0, 0.05) is 6.42 Å². The van der Waals surface area contributed by atoms with Crippen LogP contribution in [-0.2, 0) is 12.8 Å². The Morgan fingerprint density at radius 2 is 1.95 bits per heavy atom. The second-order valence-corrected chi connectivity index (χ2v) is 6.35. The van der Waals surface area contributed by atoms with Crippen LogP contribution in [0.1, 0.15) is 30.4 Å². The number of benzene rings is 1. The molecule has 0 fully saturated rings. The normalized spacial score (nSPS) is 10.8. The number of nitrogen functional groups attached to an aromatic ring is 1. The van der Waals surface area contributed by atoms with Crippen molar-refractivity contribution in [3.05, 3.63) is 48.9 Å². The van der Waals surface area contributed by atoms with Crippen LogP contribution in [0.5, 0.6) is 0 Å². The van der Waals surface area contributed by atoms with Gasteiger partial charge >= 0.3 is 0 Å². The zero-order chi connectivity index (χ0) is 14.7. The summed E-state index contributed by atoms with van der Waals surface area (Å²) in [6.45, 7) is 2.12. The Bertz CT molecular complexity index is 632. The van der Waals surface area contributed by atoms with Crippen LogP contribution in [0.4, 0.5) is 5.82 Å². The third-order valence-corrected chi connectivity index (χ3v) is 4.74. The molecule has 0 spiro atoms. The molecule has 0 unspecified atom stereocenters. The van der Waals surface area contributed by atoms with E-state index in [1.165, 1.54) is 0 Å². The number of aromatic nitrogens is 2. The number of hydrogen-bond donors (Lipinski definition) is 1. The Morgan fingerprint density at radius 1 is 1.20 bits per heavy atom. The molecule has 0 aliphatic carbocycles. The molecule has 1 heterocycles. The summed E-state index contributed by atoms with van der Waals surface area (Å²) in [5.74, 6) is 1.25. The van der Waals surface area contributed by atoms with Gasteiger partial charge in [-0.25, -0.2) is 9.97 Å². The highest BCUT2D eigenvalue weighted by Gasteiger charge is 2.10. The molecular formula is C14H14Cl2IN3. The average Bonchev–Trinajstić information content (AvgIpc) is 2.40. The minimum atomic E-state index is 0.538. The van der Waals surface area contributed by atoms with Gasteiger partial charge in [-0.2, -0.15) is 0 Å². The molecule has 0 bridgehead atoms. The van der Waals surface area contributed by atoms with Gasteiger partial charge in [-0.05, 0) is 46.7 Å². The first kappa shape index (κ1) is 15.8. The monoisotopic (exact) mass is 421 g/mol. The van der Waals surface area contributed by atoms with Gasteiger partial charge in [-0.1, -0.05) is 42.6 Å². The maximum atomic E-state index is 6.02. The molecule has 0 radical (unpaired) electrons. The summed E-state index contributed by atoms with van der Waals surface area (Å²) < 4.78 is 0.947. The van der Waals surface area contributed by atoms with E-state index in [1.807, 2.05) is 12.1 Å². The molecule has 20 heavy (non-hydrogen) atoms. The van der Waals surface area contributed by atoms with Crippen LogP contribution in [0.3, 0.4) is 0 Å². The lowest BCUT2D eigenvalue weighted by atomic mass is 10.1. The van der Waals surface area contributed by atoms with Crippen LogP contribution < -0.4 is 5.73 Å². The molecule has 0 aliphatic heterocycles. The Balaban J connectivity index is 2.31. The predicted molar refractivity (Wildman–Crippen MR) is 92.4 cm³/mol. The van der Waals surface area contributed by atoms with Crippen molar-refractivity contribution in [1.82, 2.24) is 9.97 Å². The van der Waals surface area contributed by atoms with Gasteiger partial charge in [0.25, 0.3) is 0 Å². The van der Waals surface area contributed by atoms with Gasteiger partial charge in [-0.3, -0.25) is 0 Å². The van der Waals surface area contributed by atoms with Crippen molar-refractivity contribution >= 4 is 51.6 Å². The maximum Gasteiger partial charge on any atom is 0.140 e. The van der Waals surface area contributed by atoms with E-state index < -0.39 is 0 Å². The van der Waals surface area contributed by atoms with Crippen molar-refractivity contribution in [2.75, 3.05) is 5.73 Å². The highest BCUT2D eigenvalue weighted by molar-refractivity contribution is 14.1. The zero-order valence-electron chi connectivity index (χ0n) is 11.0. The first-order chi connectivity index (χ1) is 9.51. The molecule has 2 N–H and O–H groups in total. The molecule has 3 nitrogen and oxygen atoms in total. The maximum absolute atomic E-state index is 6.02. The lowest BCUT2D eigenvalue weighted by Gasteiger charge is -2.09. The summed E-state index contributed by atoms with van der Waals surface area (Å²) >= 11 is 14.1. The van der Waals surface area contributed by atoms with Crippen LogP contribution >= 0.6 is 45.8 Å². The molecule has 106 valence electrons. The van der Waals surface area contributed by atoms with Crippen LogP contribution in [0.15, 0.2) is 18.2 Å². The van der Waals surface area contributed by atoms with E-state index in [4.69, 9.17) is 28.9 Å². The largest absolute Gasteiger partial charge is 0.383 e. The van der Waals surface area contributed by atoms with E-state index in [2.05, 4.69) is 39.5 Å². The van der Waals surface area contributed by atoms with Crippen molar-refractivity contribution < 1.29 is 0 Å². The Kier molecular flexibility index (Phi) is 5.46.